The van der Waals surface area contributed by atoms with E-state index in [9.17, 15) is 4.79 Å². The fourth-order valence-corrected chi connectivity index (χ4v) is 3.27. The zero-order chi connectivity index (χ0) is 21.5. The molecule has 0 fully saturated rings. The highest BCUT2D eigenvalue weighted by molar-refractivity contribution is 6.02. The molecule has 3 aromatic carbocycles. The predicted octanol–water partition coefficient (Wildman–Crippen LogP) is 5.36. The van der Waals surface area contributed by atoms with Gasteiger partial charge in [-0.1, -0.05) is 67.6 Å². The standard InChI is InChI=1S/C26H23N3O2/c1-2-23(20-8-4-3-5-9-20)28-29-26(30)22-15-13-19(14-16-22)18-31-24-12-6-10-21-11-7-17-27-25(21)24/h3-17H,2,18H2,1H3,(H,29,30)/b28-23-. The largest absolute Gasteiger partial charge is 0.487 e. The lowest BCUT2D eigenvalue weighted by Crippen LogP contribution is -2.20. The summed E-state index contributed by atoms with van der Waals surface area (Å²) in [7, 11) is 0. The Morgan fingerprint density at radius 3 is 2.45 bits per heavy atom. The molecule has 0 radical (unpaired) electrons. The first-order chi connectivity index (χ1) is 15.2. The van der Waals surface area contributed by atoms with Crippen molar-refractivity contribution in [1.82, 2.24) is 10.4 Å². The van der Waals surface area contributed by atoms with Gasteiger partial charge in [0.25, 0.3) is 5.91 Å². The molecule has 1 heterocycles. The average Bonchev–Trinajstić information content (AvgIpc) is 2.84. The monoisotopic (exact) mass is 409 g/mol. The molecule has 0 bridgehead atoms. The number of carbonyl (C=O) groups is 1. The first-order valence-electron chi connectivity index (χ1n) is 10.2. The van der Waals surface area contributed by atoms with Crippen molar-refractivity contribution in [1.29, 1.82) is 0 Å². The molecular formula is C26H23N3O2. The second-order valence-electron chi connectivity index (χ2n) is 7.04. The van der Waals surface area contributed by atoms with Crippen LogP contribution in [0.2, 0.25) is 0 Å². The van der Waals surface area contributed by atoms with Gasteiger partial charge in [0.2, 0.25) is 0 Å². The number of ether oxygens (including phenoxy) is 1. The summed E-state index contributed by atoms with van der Waals surface area (Å²) >= 11 is 0. The van der Waals surface area contributed by atoms with Gasteiger partial charge < -0.3 is 4.74 Å². The molecule has 0 unspecified atom stereocenters. The van der Waals surface area contributed by atoms with E-state index in [2.05, 4.69) is 15.5 Å². The molecule has 1 aromatic heterocycles. The lowest BCUT2D eigenvalue weighted by molar-refractivity contribution is 0.0954. The summed E-state index contributed by atoms with van der Waals surface area (Å²) in [4.78, 5) is 16.9. The first-order valence-corrected chi connectivity index (χ1v) is 10.2. The van der Waals surface area contributed by atoms with Crippen LogP contribution in [0.15, 0.2) is 96.2 Å². The number of fused-ring (bicyclic) bond motifs is 1. The molecule has 5 heteroatoms. The highest BCUT2D eigenvalue weighted by Crippen LogP contribution is 2.23. The van der Waals surface area contributed by atoms with Crippen molar-refractivity contribution in [3.8, 4) is 5.75 Å². The van der Waals surface area contributed by atoms with Crippen LogP contribution in [0, 0.1) is 0 Å². The minimum absolute atomic E-state index is 0.243. The van der Waals surface area contributed by atoms with E-state index in [4.69, 9.17) is 4.74 Å². The highest BCUT2D eigenvalue weighted by atomic mass is 16.5. The van der Waals surface area contributed by atoms with E-state index in [1.807, 2.05) is 79.7 Å². The number of amides is 1. The molecule has 5 nitrogen and oxygen atoms in total. The third-order valence-corrected chi connectivity index (χ3v) is 4.94. The van der Waals surface area contributed by atoms with E-state index in [-0.39, 0.29) is 5.91 Å². The van der Waals surface area contributed by atoms with Gasteiger partial charge in [-0.3, -0.25) is 9.78 Å². The van der Waals surface area contributed by atoms with E-state index >= 15 is 0 Å². The van der Waals surface area contributed by atoms with Crippen LogP contribution in [-0.2, 0) is 6.61 Å². The zero-order valence-corrected chi connectivity index (χ0v) is 17.3. The Labute approximate surface area is 181 Å². The first kappa shape index (κ1) is 20.3. The van der Waals surface area contributed by atoms with Gasteiger partial charge in [-0.2, -0.15) is 5.10 Å². The van der Waals surface area contributed by atoms with Crippen molar-refractivity contribution in [2.24, 2.45) is 5.10 Å². The molecule has 0 aliphatic carbocycles. The zero-order valence-electron chi connectivity index (χ0n) is 17.3. The molecule has 0 spiro atoms. The second kappa shape index (κ2) is 9.67. The molecule has 0 saturated carbocycles. The van der Waals surface area contributed by atoms with Gasteiger partial charge in [0, 0.05) is 17.1 Å². The van der Waals surface area contributed by atoms with Gasteiger partial charge in [0.15, 0.2) is 0 Å². The Morgan fingerprint density at radius 2 is 1.68 bits per heavy atom. The Hall–Kier alpha value is -3.99. The van der Waals surface area contributed by atoms with Crippen molar-refractivity contribution in [3.05, 3.63) is 108 Å². The van der Waals surface area contributed by atoms with Crippen LogP contribution in [0.25, 0.3) is 10.9 Å². The van der Waals surface area contributed by atoms with E-state index < -0.39 is 0 Å². The number of hydrogen-bond donors (Lipinski definition) is 1. The minimum Gasteiger partial charge on any atom is -0.487 e. The summed E-state index contributed by atoms with van der Waals surface area (Å²) in [6.07, 6.45) is 2.48. The van der Waals surface area contributed by atoms with Crippen LogP contribution in [0.4, 0.5) is 0 Å². The lowest BCUT2D eigenvalue weighted by atomic mass is 10.1. The van der Waals surface area contributed by atoms with Crippen LogP contribution in [-0.4, -0.2) is 16.6 Å². The summed E-state index contributed by atoms with van der Waals surface area (Å²) in [6, 6.07) is 26.9. The highest BCUT2D eigenvalue weighted by Gasteiger charge is 2.07. The quantitative estimate of drug-likeness (QED) is 0.330. The summed E-state index contributed by atoms with van der Waals surface area (Å²) in [6.45, 7) is 2.40. The van der Waals surface area contributed by atoms with Crippen LogP contribution in [0.3, 0.4) is 0 Å². The van der Waals surface area contributed by atoms with Crippen LogP contribution < -0.4 is 10.2 Å². The van der Waals surface area contributed by atoms with Crippen molar-refractivity contribution in [2.75, 3.05) is 0 Å². The van der Waals surface area contributed by atoms with Gasteiger partial charge in [0.1, 0.15) is 17.9 Å². The fraction of sp³-hybridized carbons (Fsp3) is 0.115. The predicted molar refractivity (Wildman–Crippen MR) is 123 cm³/mol. The summed E-state index contributed by atoms with van der Waals surface area (Å²) in [5, 5.41) is 5.34. The van der Waals surface area contributed by atoms with Crippen molar-refractivity contribution >= 4 is 22.5 Å². The number of aromatic nitrogens is 1. The van der Waals surface area contributed by atoms with E-state index in [0.29, 0.717) is 12.2 Å². The Balaban J connectivity index is 1.39. The van der Waals surface area contributed by atoms with Crippen LogP contribution in [0.5, 0.6) is 5.75 Å². The number of benzene rings is 3. The molecule has 4 rings (SSSR count). The fourth-order valence-electron chi connectivity index (χ4n) is 3.27. The number of nitrogens with one attached hydrogen (secondary N) is 1. The summed E-state index contributed by atoms with van der Waals surface area (Å²) in [5.74, 6) is 0.495. The van der Waals surface area contributed by atoms with Gasteiger partial charge in [-0.15, -0.1) is 0 Å². The molecule has 31 heavy (non-hydrogen) atoms. The number of rotatable bonds is 7. The number of nitrogens with zero attached hydrogens (tertiary/aromatic N) is 2. The second-order valence-corrected chi connectivity index (χ2v) is 7.04. The van der Waals surface area contributed by atoms with Crippen LogP contribution >= 0.6 is 0 Å². The molecule has 0 atom stereocenters. The Kier molecular flexibility index (Phi) is 6.33. The van der Waals surface area contributed by atoms with Crippen molar-refractivity contribution < 1.29 is 9.53 Å². The van der Waals surface area contributed by atoms with Gasteiger partial charge >= 0.3 is 0 Å². The van der Waals surface area contributed by atoms with Gasteiger partial charge in [0.05, 0.1) is 5.71 Å². The minimum atomic E-state index is -0.243. The van der Waals surface area contributed by atoms with Gasteiger partial charge in [-0.25, -0.2) is 5.43 Å². The van der Waals surface area contributed by atoms with E-state index in [1.54, 1.807) is 18.3 Å². The Bertz CT molecular complexity index is 1200. The maximum Gasteiger partial charge on any atom is 0.271 e. The Morgan fingerprint density at radius 1 is 0.903 bits per heavy atom. The van der Waals surface area contributed by atoms with Crippen LogP contribution in [0.1, 0.15) is 34.8 Å². The number of carbonyl (C=O) groups excluding carboxylic acids is 1. The summed E-state index contributed by atoms with van der Waals surface area (Å²) < 4.78 is 5.96. The third-order valence-electron chi connectivity index (χ3n) is 4.94. The SMILES string of the molecule is CC/C(=N/NC(=O)c1ccc(COc2cccc3cccnc23)cc1)c1ccccc1. The van der Waals surface area contributed by atoms with Gasteiger partial charge in [-0.05, 0) is 41.8 Å². The number of para-hydroxylation sites is 1. The smallest absolute Gasteiger partial charge is 0.271 e. The van der Waals surface area contributed by atoms with Crippen molar-refractivity contribution in [2.45, 2.75) is 20.0 Å². The maximum absolute atomic E-state index is 12.5. The summed E-state index contributed by atoms with van der Waals surface area (Å²) in [5.41, 5.74) is 6.84. The van der Waals surface area contributed by atoms with E-state index in [0.717, 1.165) is 39.9 Å². The lowest BCUT2D eigenvalue weighted by Gasteiger charge is -2.09. The molecule has 1 amide bonds. The normalized spacial score (nSPS) is 11.3. The molecule has 0 saturated heterocycles. The number of hydrazone groups is 1. The molecular weight excluding hydrogens is 386 g/mol. The average molecular weight is 409 g/mol. The van der Waals surface area contributed by atoms with E-state index in [1.165, 1.54) is 0 Å². The molecule has 0 aliphatic heterocycles. The molecule has 0 aliphatic rings. The molecule has 1 N–H and O–H groups in total. The maximum atomic E-state index is 12.5. The number of hydrogen-bond acceptors (Lipinski definition) is 4. The topological polar surface area (TPSA) is 63.6 Å². The number of pyridine rings is 1. The third kappa shape index (κ3) is 4.95. The molecule has 154 valence electrons. The van der Waals surface area contributed by atoms with Crippen molar-refractivity contribution in [3.63, 3.8) is 0 Å². The molecule has 4 aromatic rings.